The maximum atomic E-state index is 14.8. The standard InChI is InChI=1S/C24H24FN7O3S/c1-31-9-6-17(7-10-31)36(34,35)23-5-2-15-14-27-22(13-21(15)29-23)28-19-4-3-16(12-18(19)25)32-11-8-20(30-32)24(26)33/h2-5,8,11-14,17H,6-7,9-10H2,1H3,(H2,26,33)(H,27,28). The molecule has 0 saturated carbocycles. The monoisotopic (exact) mass is 509 g/mol. The average molecular weight is 510 g/mol. The van der Waals surface area contributed by atoms with Crippen LogP contribution in [-0.4, -0.2) is 64.4 Å². The van der Waals surface area contributed by atoms with Gasteiger partial charge in [0.2, 0.25) is 0 Å². The number of nitrogens with two attached hydrogens (primary N) is 1. The molecule has 12 heteroatoms. The number of anilines is 2. The van der Waals surface area contributed by atoms with Crippen molar-refractivity contribution in [3.8, 4) is 5.69 Å². The first kappa shape index (κ1) is 23.8. The minimum atomic E-state index is -3.57. The highest BCUT2D eigenvalue weighted by molar-refractivity contribution is 7.92. The smallest absolute Gasteiger partial charge is 0.269 e. The molecule has 186 valence electrons. The summed E-state index contributed by atoms with van der Waals surface area (Å²) < 4.78 is 42.5. The molecule has 0 radical (unpaired) electrons. The Kier molecular flexibility index (Phi) is 6.14. The fraction of sp³-hybridized carbons (Fsp3) is 0.250. The van der Waals surface area contributed by atoms with Gasteiger partial charge in [0.05, 0.1) is 22.1 Å². The van der Waals surface area contributed by atoms with Crippen LogP contribution < -0.4 is 11.1 Å². The number of carbonyl (C=O) groups excluding carboxylic acids is 1. The van der Waals surface area contributed by atoms with Crippen molar-refractivity contribution < 1.29 is 17.6 Å². The highest BCUT2D eigenvalue weighted by Crippen LogP contribution is 2.27. The van der Waals surface area contributed by atoms with Crippen molar-refractivity contribution in [3.63, 3.8) is 0 Å². The average Bonchev–Trinajstić information content (AvgIpc) is 3.36. The molecular weight excluding hydrogens is 485 g/mol. The van der Waals surface area contributed by atoms with E-state index in [0.717, 1.165) is 13.1 Å². The lowest BCUT2D eigenvalue weighted by atomic mass is 10.1. The Morgan fingerprint density at radius 2 is 1.92 bits per heavy atom. The van der Waals surface area contributed by atoms with Crippen molar-refractivity contribution in [2.45, 2.75) is 23.1 Å². The molecule has 1 fully saturated rings. The van der Waals surface area contributed by atoms with Crippen LogP contribution >= 0.6 is 0 Å². The van der Waals surface area contributed by atoms with E-state index < -0.39 is 26.8 Å². The van der Waals surface area contributed by atoms with Crippen molar-refractivity contribution in [3.05, 3.63) is 66.4 Å². The summed E-state index contributed by atoms with van der Waals surface area (Å²) in [6.07, 6.45) is 4.20. The Morgan fingerprint density at radius 1 is 1.14 bits per heavy atom. The minimum Gasteiger partial charge on any atom is -0.364 e. The van der Waals surface area contributed by atoms with Gasteiger partial charge in [0.25, 0.3) is 5.91 Å². The molecule has 3 aromatic heterocycles. The fourth-order valence-electron chi connectivity index (χ4n) is 4.18. The number of hydrogen-bond donors (Lipinski definition) is 2. The summed E-state index contributed by atoms with van der Waals surface area (Å²) >= 11 is 0. The van der Waals surface area contributed by atoms with Crippen molar-refractivity contribution >= 4 is 38.2 Å². The van der Waals surface area contributed by atoms with Crippen molar-refractivity contribution in [2.24, 2.45) is 5.73 Å². The van der Waals surface area contributed by atoms with E-state index in [9.17, 15) is 17.6 Å². The predicted octanol–water partition coefficient (Wildman–Crippen LogP) is 2.67. The molecule has 0 unspecified atom stereocenters. The summed E-state index contributed by atoms with van der Waals surface area (Å²) in [5, 5.41) is 7.17. The number of hydrogen-bond acceptors (Lipinski definition) is 8. The predicted molar refractivity (Wildman–Crippen MR) is 133 cm³/mol. The molecule has 4 aromatic rings. The van der Waals surface area contributed by atoms with Crippen LogP contribution in [0.4, 0.5) is 15.9 Å². The number of nitrogens with zero attached hydrogens (tertiary/aromatic N) is 5. The summed E-state index contributed by atoms with van der Waals surface area (Å²) in [5.41, 5.74) is 6.29. The first-order chi connectivity index (χ1) is 17.2. The third-order valence-electron chi connectivity index (χ3n) is 6.27. The van der Waals surface area contributed by atoms with E-state index in [1.54, 1.807) is 24.4 Å². The van der Waals surface area contributed by atoms with Crippen LogP contribution in [0.15, 0.2) is 59.9 Å². The molecule has 3 N–H and O–H groups in total. The summed E-state index contributed by atoms with van der Waals surface area (Å²) in [5.74, 6) is -0.937. The molecule has 1 saturated heterocycles. The summed E-state index contributed by atoms with van der Waals surface area (Å²) in [4.78, 5) is 22.1. The number of fused-ring (bicyclic) bond motifs is 1. The second kappa shape index (κ2) is 9.28. The summed E-state index contributed by atoms with van der Waals surface area (Å²) in [6.45, 7) is 1.46. The van der Waals surface area contributed by atoms with Crippen LogP contribution in [-0.2, 0) is 9.84 Å². The van der Waals surface area contributed by atoms with Gasteiger partial charge in [-0.1, -0.05) is 0 Å². The van der Waals surface area contributed by atoms with Crippen molar-refractivity contribution in [2.75, 3.05) is 25.5 Å². The molecule has 0 spiro atoms. The number of sulfone groups is 1. The molecule has 4 heterocycles. The summed E-state index contributed by atoms with van der Waals surface area (Å²) in [6, 6.07) is 10.6. The molecular formula is C24H24FN7O3S. The Morgan fingerprint density at radius 3 is 2.61 bits per heavy atom. The fourth-order valence-corrected chi connectivity index (χ4v) is 5.83. The number of nitrogens with one attached hydrogen (secondary N) is 1. The van der Waals surface area contributed by atoms with E-state index in [1.807, 2.05) is 7.05 Å². The summed E-state index contributed by atoms with van der Waals surface area (Å²) in [7, 11) is -1.59. The second-order valence-electron chi connectivity index (χ2n) is 8.76. The zero-order valence-corrected chi connectivity index (χ0v) is 20.2. The molecule has 10 nitrogen and oxygen atoms in total. The molecule has 0 bridgehead atoms. The van der Waals surface area contributed by atoms with E-state index in [0.29, 0.717) is 35.2 Å². The van der Waals surface area contributed by atoms with Crippen LogP contribution in [0.3, 0.4) is 0 Å². The number of likely N-dealkylation sites (tertiary alicyclic amines) is 1. The van der Waals surface area contributed by atoms with E-state index in [4.69, 9.17) is 5.73 Å². The normalized spacial score (nSPS) is 15.3. The van der Waals surface area contributed by atoms with Gasteiger partial charge in [-0.3, -0.25) is 4.79 Å². The Balaban J connectivity index is 1.39. The van der Waals surface area contributed by atoms with Gasteiger partial charge in [-0.05, 0) is 63.3 Å². The number of amides is 1. The van der Waals surface area contributed by atoms with E-state index in [1.165, 1.54) is 35.1 Å². The van der Waals surface area contributed by atoms with Crippen LogP contribution in [0, 0.1) is 5.82 Å². The van der Waals surface area contributed by atoms with Gasteiger partial charge < -0.3 is 16.0 Å². The van der Waals surface area contributed by atoms with E-state index in [2.05, 4.69) is 25.3 Å². The van der Waals surface area contributed by atoms with Crippen LogP contribution in [0.2, 0.25) is 0 Å². The molecule has 5 rings (SSSR count). The number of carbonyl (C=O) groups is 1. The first-order valence-electron chi connectivity index (χ1n) is 11.3. The van der Waals surface area contributed by atoms with E-state index >= 15 is 0 Å². The van der Waals surface area contributed by atoms with Gasteiger partial charge in [0.15, 0.2) is 14.9 Å². The zero-order valence-electron chi connectivity index (χ0n) is 19.4. The number of rotatable bonds is 6. The lowest BCUT2D eigenvalue weighted by Crippen LogP contribution is -2.37. The van der Waals surface area contributed by atoms with Gasteiger partial charge in [0, 0.05) is 29.9 Å². The maximum Gasteiger partial charge on any atom is 0.269 e. The molecule has 1 aromatic carbocycles. The molecule has 36 heavy (non-hydrogen) atoms. The zero-order chi connectivity index (χ0) is 25.4. The quantitative estimate of drug-likeness (QED) is 0.405. The Bertz CT molecular complexity index is 1560. The first-order valence-corrected chi connectivity index (χ1v) is 12.9. The topological polar surface area (TPSA) is 136 Å². The Hall–Kier alpha value is -3.90. The number of pyridine rings is 2. The number of benzene rings is 1. The number of primary amides is 1. The lowest BCUT2D eigenvalue weighted by molar-refractivity contribution is 0.0995. The van der Waals surface area contributed by atoms with Crippen molar-refractivity contribution in [1.82, 2.24) is 24.6 Å². The van der Waals surface area contributed by atoms with E-state index in [-0.39, 0.29) is 16.4 Å². The molecule has 0 aliphatic carbocycles. The molecule has 1 aliphatic rings. The van der Waals surface area contributed by atoms with Crippen LogP contribution in [0.25, 0.3) is 16.6 Å². The SMILES string of the molecule is CN1CCC(S(=O)(=O)c2ccc3cnc(Nc4ccc(-n5ccc(C(N)=O)n5)cc4F)cc3n2)CC1. The van der Waals surface area contributed by atoms with Gasteiger partial charge in [-0.25, -0.2) is 27.5 Å². The highest BCUT2D eigenvalue weighted by Gasteiger charge is 2.31. The van der Waals surface area contributed by atoms with Gasteiger partial charge in [-0.2, -0.15) is 5.10 Å². The second-order valence-corrected chi connectivity index (χ2v) is 10.9. The number of aromatic nitrogens is 4. The number of halogens is 1. The van der Waals surface area contributed by atoms with Gasteiger partial charge in [-0.15, -0.1) is 0 Å². The van der Waals surface area contributed by atoms with Gasteiger partial charge in [0.1, 0.15) is 17.3 Å². The number of piperidine rings is 1. The molecule has 1 aliphatic heterocycles. The lowest BCUT2D eigenvalue weighted by Gasteiger charge is -2.28. The van der Waals surface area contributed by atoms with Crippen LogP contribution in [0.5, 0.6) is 0 Å². The Labute approximate surface area is 206 Å². The third kappa shape index (κ3) is 4.64. The minimum absolute atomic E-state index is 0.0341. The third-order valence-corrected chi connectivity index (χ3v) is 8.42. The van der Waals surface area contributed by atoms with Crippen LogP contribution in [0.1, 0.15) is 23.3 Å². The maximum absolute atomic E-state index is 14.8. The van der Waals surface area contributed by atoms with Gasteiger partial charge >= 0.3 is 0 Å². The van der Waals surface area contributed by atoms with Crippen molar-refractivity contribution in [1.29, 1.82) is 0 Å². The largest absolute Gasteiger partial charge is 0.364 e. The highest BCUT2D eigenvalue weighted by atomic mass is 32.2. The molecule has 0 atom stereocenters. The molecule has 1 amide bonds.